The van der Waals surface area contributed by atoms with E-state index in [1.165, 1.54) is 6.26 Å². The van der Waals surface area contributed by atoms with Gasteiger partial charge in [-0.1, -0.05) is 34.6 Å². The Balaban J connectivity index is 0.000000791. The van der Waals surface area contributed by atoms with Crippen molar-refractivity contribution in [1.82, 2.24) is 5.16 Å². The molecule has 0 aliphatic heterocycles. The van der Waals surface area contributed by atoms with Gasteiger partial charge < -0.3 is 9.26 Å². The van der Waals surface area contributed by atoms with E-state index in [0.29, 0.717) is 5.76 Å². The van der Waals surface area contributed by atoms with Crippen LogP contribution in [-0.4, -0.2) is 5.16 Å². The summed E-state index contributed by atoms with van der Waals surface area (Å²) in [6.45, 7) is 9.97. The quantitative estimate of drug-likeness (QED) is 0.648. The zero-order valence-electron chi connectivity index (χ0n) is 9.29. The average Bonchev–Trinajstić information content (AvgIpc) is 2.56. The van der Waals surface area contributed by atoms with Crippen LogP contribution in [0.3, 0.4) is 0 Å². The molecule has 0 saturated heterocycles. The van der Waals surface area contributed by atoms with Crippen LogP contribution in [0.15, 0.2) is 10.6 Å². The lowest BCUT2D eigenvalue weighted by atomic mass is 9.94. The highest BCUT2D eigenvalue weighted by molar-refractivity contribution is 5.17. The van der Waals surface area contributed by atoms with E-state index < -0.39 is 0 Å². The Bertz CT molecular complexity index is 305. The Morgan fingerprint density at radius 2 is 2.00 bits per heavy atom. The number of rotatable bonds is 1. The molecular weight excluding hydrogens is 180 g/mol. The molecule has 78 valence electrons. The number of hydrogen-bond donors (Lipinski definition) is 0. The Morgan fingerprint density at radius 3 is 2.36 bits per heavy atom. The molecular formula is C10H16N2O2. The summed E-state index contributed by atoms with van der Waals surface area (Å²) in [5.74, 6) is 0.912. The van der Waals surface area contributed by atoms with Crippen molar-refractivity contribution >= 4 is 0 Å². The first-order valence-electron chi connectivity index (χ1n) is 4.57. The van der Waals surface area contributed by atoms with E-state index in [1.807, 2.05) is 34.6 Å². The summed E-state index contributed by atoms with van der Waals surface area (Å²) in [5, 5.41) is 11.7. The SMILES string of the molecule is CC.CC(C)(C)c1cc(OC#N)no1. The molecule has 0 spiro atoms. The third-order valence-corrected chi connectivity index (χ3v) is 1.38. The first-order chi connectivity index (χ1) is 6.54. The second-order valence-electron chi connectivity index (χ2n) is 3.47. The van der Waals surface area contributed by atoms with Crippen molar-refractivity contribution < 1.29 is 9.26 Å². The molecule has 0 atom stereocenters. The topological polar surface area (TPSA) is 59.0 Å². The van der Waals surface area contributed by atoms with Crippen molar-refractivity contribution in [2.75, 3.05) is 0 Å². The summed E-state index contributed by atoms with van der Waals surface area (Å²) >= 11 is 0. The fourth-order valence-electron chi connectivity index (χ4n) is 0.707. The van der Waals surface area contributed by atoms with Crippen LogP contribution in [-0.2, 0) is 5.41 Å². The molecule has 0 radical (unpaired) electrons. The van der Waals surface area contributed by atoms with Crippen LogP contribution < -0.4 is 4.74 Å². The smallest absolute Gasteiger partial charge is 0.293 e. The average molecular weight is 196 g/mol. The summed E-state index contributed by atoms with van der Waals surface area (Å²) in [5.41, 5.74) is -0.107. The molecule has 4 nitrogen and oxygen atoms in total. The lowest BCUT2D eigenvalue weighted by Crippen LogP contribution is -2.09. The molecule has 1 rings (SSSR count). The van der Waals surface area contributed by atoms with E-state index in [1.54, 1.807) is 6.07 Å². The van der Waals surface area contributed by atoms with Crippen molar-refractivity contribution in [2.24, 2.45) is 0 Å². The Hall–Kier alpha value is -1.50. The molecule has 0 aliphatic rings. The standard InChI is InChI=1S/C8H10N2O2.C2H6/c1-8(2,3)6-4-7(10-12-6)11-5-9;1-2/h4H,1-3H3;1-2H3. The minimum Gasteiger partial charge on any atom is -0.364 e. The number of ether oxygens (including phenoxy) is 1. The van der Waals surface area contributed by atoms with Gasteiger partial charge in [-0.2, -0.15) is 0 Å². The minimum atomic E-state index is -0.107. The van der Waals surface area contributed by atoms with Crippen LogP contribution >= 0.6 is 0 Å². The van der Waals surface area contributed by atoms with Crippen LogP contribution in [0.4, 0.5) is 0 Å². The van der Waals surface area contributed by atoms with Crippen molar-refractivity contribution in [3.05, 3.63) is 11.8 Å². The van der Waals surface area contributed by atoms with E-state index in [-0.39, 0.29) is 11.3 Å². The van der Waals surface area contributed by atoms with Gasteiger partial charge in [0.1, 0.15) is 5.76 Å². The van der Waals surface area contributed by atoms with E-state index >= 15 is 0 Å². The predicted octanol–water partition coefficient (Wildman–Crippen LogP) is 2.86. The van der Waals surface area contributed by atoms with Crippen molar-refractivity contribution in [2.45, 2.75) is 40.0 Å². The molecule has 1 aromatic rings. The number of nitrogens with zero attached hydrogens (tertiary/aromatic N) is 2. The van der Waals surface area contributed by atoms with E-state index in [2.05, 4.69) is 9.89 Å². The molecule has 0 N–H and O–H groups in total. The van der Waals surface area contributed by atoms with Gasteiger partial charge in [0.2, 0.25) is 0 Å². The summed E-state index contributed by atoms with van der Waals surface area (Å²) in [7, 11) is 0. The summed E-state index contributed by atoms with van der Waals surface area (Å²) < 4.78 is 9.44. The van der Waals surface area contributed by atoms with Gasteiger partial charge >= 0.3 is 0 Å². The van der Waals surface area contributed by atoms with Crippen molar-refractivity contribution in [1.29, 1.82) is 5.26 Å². The third-order valence-electron chi connectivity index (χ3n) is 1.38. The lowest BCUT2D eigenvalue weighted by molar-refractivity contribution is 0.313. The molecule has 0 saturated carbocycles. The molecule has 0 amide bonds. The molecule has 0 bridgehead atoms. The zero-order valence-corrected chi connectivity index (χ0v) is 9.29. The molecule has 0 aliphatic carbocycles. The molecule has 0 fully saturated rings. The Kier molecular flexibility index (Phi) is 4.71. The Labute approximate surface area is 84.5 Å². The highest BCUT2D eigenvalue weighted by atomic mass is 16.5. The summed E-state index contributed by atoms with van der Waals surface area (Å²) in [6.07, 6.45) is 1.53. The Morgan fingerprint density at radius 1 is 1.43 bits per heavy atom. The highest BCUT2D eigenvalue weighted by Crippen LogP contribution is 2.24. The van der Waals surface area contributed by atoms with E-state index in [4.69, 9.17) is 9.78 Å². The maximum absolute atomic E-state index is 8.18. The van der Waals surface area contributed by atoms with Gasteiger partial charge in [0, 0.05) is 11.5 Å². The fraction of sp³-hybridized carbons (Fsp3) is 0.600. The van der Waals surface area contributed by atoms with Gasteiger partial charge in [0.25, 0.3) is 12.1 Å². The lowest BCUT2D eigenvalue weighted by Gasteiger charge is -2.11. The second kappa shape index (κ2) is 5.28. The van der Waals surface area contributed by atoms with Gasteiger partial charge in [-0.15, -0.1) is 5.26 Å². The van der Waals surface area contributed by atoms with E-state index in [0.717, 1.165) is 0 Å². The minimum absolute atomic E-state index is 0.107. The van der Waals surface area contributed by atoms with Crippen LogP contribution in [0.2, 0.25) is 0 Å². The second-order valence-corrected chi connectivity index (χ2v) is 3.47. The normalized spacial score (nSPS) is 9.71. The van der Waals surface area contributed by atoms with Crippen LogP contribution in [0, 0.1) is 11.5 Å². The van der Waals surface area contributed by atoms with Crippen LogP contribution in [0.1, 0.15) is 40.4 Å². The monoisotopic (exact) mass is 196 g/mol. The van der Waals surface area contributed by atoms with Crippen LogP contribution in [0.25, 0.3) is 0 Å². The van der Waals surface area contributed by atoms with Gasteiger partial charge in [-0.25, -0.2) is 0 Å². The van der Waals surface area contributed by atoms with Gasteiger partial charge in [-0.3, -0.25) is 0 Å². The predicted molar refractivity (Wildman–Crippen MR) is 52.8 cm³/mol. The molecule has 0 unspecified atom stereocenters. The molecule has 4 heteroatoms. The van der Waals surface area contributed by atoms with Gasteiger partial charge in [0.15, 0.2) is 0 Å². The van der Waals surface area contributed by atoms with E-state index in [9.17, 15) is 0 Å². The van der Waals surface area contributed by atoms with Crippen LogP contribution in [0.5, 0.6) is 5.88 Å². The first kappa shape index (κ1) is 12.5. The van der Waals surface area contributed by atoms with Crippen molar-refractivity contribution in [3.63, 3.8) is 0 Å². The number of nitriles is 1. The molecule has 0 aromatic carbocycles. The molecule has 14 heavy (non-hydrogen) atoms. The summed E-state index contributed by atoms with van der Waals surface area (Å²) in [6, 6.07) is 1.61. The zero-order chi connectivity index (χ0) is 11.2. The third kappa shape index (κ3) is 3.48. The number of aromatic nitrogens is 1. The summed E-state index contributed by atoms with van der Waals surface area (Å²) in [4.78, 5) is 0. The number of hydrogen-bond acceptors (Lipinski definition) is 4. The highest BCUT2D eigenvalue weighted by Gasteiger charge is 2.20. The molecule has 1 heterocycles. The van der Waals surface area contributed by atoms with Gasteiger partial charge in [-0.05, 0) is 5.16 Å². The van der Waals surface area contributed by atoms with Crippen molar-refractivity contribution in [3.8, 4) is 12.1 Å². The maximum Gasteiger partial charge on any atom is 0.293 e. The van der Waals surface area contributed by atoms with Gasteiger partial charge in [0.05, 0.1) is 0 Å². The maximum atomic E-state index is 8.18. The molecule has 1 aromatic heterocycles. The fourth-order valence-corrected chi connectivity index (χ4v) is 0.707. The largest absolute Gasteiger partial charge is 0.364 e. The first-order valence-corrected chi connectivity index (χ1v) is 4.57.